The molecule has 0 saturated carbocycles. The van der Waals surface area contributed by atoms with Crippen molar-refractivity contribution in [2.24, 2.45) is 0 Å². The van der Waals surface area contributed by atoms with Crippen LogP contribution in [-0.4, -0.2) is 4.57 Å². The highest BCUT2D eigenvalue weighted by Gasteiger charge is 2.11. The molecule has 0 amide bonds. The molecule has 0 radical (unpaired) electrons. The monoisotopic (exact) mass is 423 g/mol. The second kappa shape index (κ2) is 8.98. The quantitative estimate of drug-likeness (QED) is 0.283. The van der Waals surface area contributed by atoms with Crippen LogP contribution >= 0.6 is 0 Å². The van der Waals surface area contributed by atoms with Crippen LogP contribution in [0.2, 0.25) is 0 Å². The van der Waals surface area contributed by atoms with Gasteiger partial charge in [-0.15, -0.1) is 0 Å². The predicted octanol–water partition coefficient (Wildman–Crippen LogP) is 6.93. The van der Waals surface area contributed by atoms with Crippen molar-refractivity contribution in [1.29, 1.82) is 0 Å². The first kappa shape index (κ1) is 19.9. The predicted molar refractivity (Wildman–Crippen MR) is 125 cm³/mol. The van der Waals surface area contributed by atoms with Crippen molar-refractivity contribution in [3.8, 4) is 17.2 Å². The second-order valence-corrected chi connectivity index (χ2v) is 7.54. The van der Waals surface area contributed by atoms with Gasteiger partial charge in [-0.2, -0.15) is 0 Å². The largest absolute Gasteiger partial charge is 0.488 e. The number of halogens is 1. The minimum absolute atomic E-state index is 0.237. The second-order valence-electron chi connectivity index (χ2n) is 7.54. The van der Waals surface area contributed by atoms with E-state index in [1.165, 1.54) is 6.07 Å². The Labute approximate surface area is 186 Å². The maximum atomic E-state index is 14.8. The summed E-state index contributed by atoms with van der Waals surface area (Å²) in [5.41, 5.74) is 3.78. The summed E-state index contributed by atoms with van der Waals surface area (Å²) in [6.45, 7) is 0.818. The molecule has 0 atom stereocenters. The molecule has 4 aromatic carbocycles. The number of hydrogen-bond acceptors (Lipinski definition) is 2. The average molecular weight is 423 g/mol. The van der Waals surface area contributed by atoms with Gasteiger partial charge in [-0.3, -0.25) is 0 Å². The smallest absolute Gasteiger partial charge is 0.167 e. The third-order valence-corrected chi connectivity index (χ3v) is 5.36. The molecule has 1 heterocycles. The Morgan fingerprint density at radius 3 is 1.94 bits per heavy atom. The van der Waals surface area contributed by atoms with Crippen LogP contribution in [0.15, 0.2) is 109 Å². The zero-order chi connectivity index (χ0) is 21.8. The molecular weight excluding hydrogens is 401 g/mol. The normalized spacial score (nSPS) is 10.9. The van der Waals surface area contributed by atoms with Crippen LogP contribution in [0, 0.1) is 5.82 Å². The van der Waals surface area contributed by atoms with Crippen LogP contribution in [0.4, 0.5) is 4.39 Å². The van der Waals surface area contributed by atoms with E-state index in [0.29, 0.717) is 13.2 Å². The summed E-state index contributed by atoms with van der Waals surface area (Å²) in [7, 11) is 0. The zero-order valence-electron chi connectivity index (χ0n) is 17.4. The zero-order valence-corrected chi connectivity index (χ0v) is 17.4. The maximum absolute atomic E-state index is 14.8. The van der Waals surface area contributed by atoms with E-state index in [1.54, 1.807) is 6.07 Å². The fourth-order valence-electron chi connectivity index (χ4n) is 3.72. The van der Waals surface area contributed by atoms with E-state index in [4.69, 9.17) is 9.47 Å². The molecule has 0 fully saturated rings. The summed E-state index contributed by atoms with van der Waals surface area (Å²) < 4.78 is 28.5. The molecule has 3 nitrogen and oxygen atoms in total. The Bertz CT molecular complexity index is 1330. The number of ether oxygens (including phenoxy) is 2. The van der Waals surface area contributed by atoms with Crippen molar-refractivity contribution in [2.75, 3.05) is 0 Å². The first-order valence-electron chi connectivity index (χ1n) is 10.5. The number of nitrogens with zero attached hydrogens (tertiary/aromatic N) is 1. The van der Waals surface area contributed by atoms with E-state index in [9.17, 15) is 4.39 Å². The van der Waals surface area contributed by atoms with Gasteiger partial charge in [-0.1, -0.05) is 66.7 Å². The summed E-state index contributed by atoms with van der Waals surface area (Å²) >= 11 is 0. The fraction of sp³-hybridized carbons (Fsp3) is 0.0714. The number of hydrogen-bond donors (Lipinski definition) is 0. The summed E-state index contributed by atoms with van der Waals surface area (Å²) in [6, 6.07) is 32.7. The highest BCUT2D eigenvalue weighted by atomic mass is 19.1. The molecule has 158 valence electrons. The van der Waals surface area contributed by atoms with Crippen molar-refractivity contribution in [3.05, 3.63) is 126 Å². The minimum atomic E-state index is -0.392. The topological polar surface area (TPSA) is 23.4 Å². The molecule has 5 aromatic rings. The van der Waals surface area contributed by atoms with Crippen molar-refractivity contribution in [2.45, 2.75) is 13.2 Å². The van der Waals surface area contributed by atoms with Gasteiger partial charge in [0, 0.05) is 23.3 Å². The van der Waals surface area contributed by atoms with Crippen molar-refractivity contribution in [1.82, 2.24) is 4.57 Å². The van der Waals surface area contributed by atoms with Crippen molar-refractivity contribution >= 4 is 10.9 Å². The van der Waals surface area contributed by atoms with Gasteiger partial charge < -0.3 is 14.0 Å². The lowest BCUT2D eigenvalue weighted by atomic mass is 10.2. The van der Waals surface area contributed by atoms with Crippen LogP contribution in [0.5, 0.6) is 11.5 Å². The molecule has 0 bridgehead atoms. The standard InChI is InChI=1S/C28H22FNO2/c29-25-18-23(14-15-28(25)32-20-22-10-5-2-6-11-22)30-17-16-24-26(30)12-7-13-27(24)31-19-21-8-3-1-4-9-21/h1-18H,19-20H2. The molecular formula is C28H22FNO2. The van der Waals surface area contributed by atoms with E-state index >= 15 is 0 Å². The molecule has 0 saturated heterocycles. The van der Waals surface area contributed by atoms with Gasteiger partial charge in [0.25, 0.3) is 0 Å². The third-order valence-electron chi connectivity index (χ3n) is 5.36. The lowest BCUT2D eigenvalue weighted by Gasteiger charge is -2.11. The van der Waals surface area contributed by atoms with Gasteiger partial charge in [0.05, 0.1) is 5.52 Å². The Morgan fingerprint density at radius 1 is 0.625 bits per heavy atom. The van der Waals surface area contributed by atoms with Crippen LogP contribution in [-0.2, 0) is 13.2 Å². The van der Waals surface area contributed by atoms with Crippen molar-refractivity contribution in [3.63, 3.8) is 0 Å². The van der Waals surface area contributed by atoms with Crippen molar-refractivity contribution < 1.29 is 13.9 Å². The SMILES string of the molecule is Fc1cc(-n2ccc3c(OCc4ccccc4)cccc32)ccc1OCc1ccccc1. The van der Waals surface area contributed by atoms with E-state index < -0.39 is 5.82 Å². The molecule has 0 aliphatic rings. The van der Waals surface area contributed by atoms with Crippen LogP contribution in [0.25, 0.3) is 16.6 Å². The summed E-state index contributed by atoms with van der Waals surface area (Å²) in [6.07, 6.45) is 1.93. The first-order valence-corrected chi connectivity index (χ1v) is 10.5. The van der Waals surface area contributed by atoms with Gasteiger partial charge >= 0.3 is 0 Å². The lowest BCUT2D eigenvalue weighted by Crippen LogP contribution is -1.99. The minimum Gasteiger partial charge on any atom is -0.488 e. The molecule has 5 rings (SSSR count). The van der Waals surface area contributed by atoms with Gasteiger partial charge in [0.15, 0.2) is 11.6 Å². The molecule has 0 unspecified atom stereocenters. The van der Waals surface area contributed by atoms with Gasteiger partial charge in [0.2, 0.25) is 0 Å². The molecule has 32 heavy (non-hydrogen) atoms. The van der Waals surface area contributed by atoms with Gasteiger partial charge in [-0.05, 0) is 41.5 Å². The van der Waals surface area contributed by atoms with Crippen LogP contribution < -0.4 is 9.47 Å². The number of benzene rings is 4. The molecule has 0 N–H and O–H groups in total. The number of rotatable bonds is 7. The van der Waals surface area contributed by atoms with Gasteiger partial charge in [-0.25, -0.2) is 4.39 Å². The molecule has 0 aliphatic carbocycles. The Balaban J connectivity index is 1.37. The number of aromatic nitrogens is 1. The molecule has 1 aromatic heterocycles. The van der Waals surface area contributed by atoms with E-state index in [0.717, 1.165) is 33.5 Å². The summed E-state index contributed by atoms with van der Waals surface area (Å²) in [5.74, 6) is 0.645. The Morgan fingerprint density at radius 2 is 1.28 bits per heavy atom. The summed E-state index contributed by atoms with van der Waals surface area (Å²) in [5, 5.41) is 0.980. The maximum Gasteiger partial charge on any atom is 0.167 e. The van der Waals surface area contributed by atoms with Gasteiger partial charge in [0.1, 0.15) is 19.0 Å². The fourth-order valence-corrected chi connectivity index (χ4v) is 3.72. The van der Waals surface area contributed by atoms with E-state index in [1.807, 2.05) is 102 Å². The molecule has 0 spiro atoms. The Kier molecular flexibility index (Phi) is 5.58. The molecule has 0 aliphatic heterocycles. The highest BCUT2D eigenvalue weighted by Crippen LogP contribution is 2.30. The highest BCUT2D eigenvalue weighted by molar-refractivity contribution is 5.87. The lowest BCUT2D eigenvalue weighted by molar-refractivity contribution is 0.290. The first-order chi connectivity index (χ1) is 15.8. The van der Waals surface area contributed by atoms with Crippen LogP contribution in [0.3, 0.4) is 0 Å². The molecule has 4 heteroatoms. The van der Waals surface area contributed by atoms with E-state index in [-0.39, 0.29) is 5.75 Å². The summed E-state index contributed by atoms with van der Waals surface area (Å²) in [4.78, 5) is 0. The Hall–Kier alpha value is -4.05. The van der Waals surface area contributed by atoms with Crippen LogP contribution in [0.1, 0.15) is 11.1 Å². The van der Waals surface area contributed by atoms with E-state index in [2.05, 4.69) is 0 Å². The third kappa shape index (κ3) is 4.21. The number of fused-ring (bicyclic) bond motifs is 1. The average Bonchev–Trinajstić information content (AvgIpc) is 3.28.